The standard InChI is InChI=1S/C12H9BrFNO2S/c1-2-17-12(16)11-15-10(6-18-11)7-3-8(13)5-9(14)4-7/h3-6H,2H2,1H3. The fourth-order valence-corrected chi connectivity index (χ4v) is 2.58. The predicted molar refractivity (Wildman–Crippen MR) is 71.2 cm³/mol. The molecular formula is C12H9BrFNO2S. The Balaban J connectivity index is 2.32. The zero-order valence-corrected chi connectivity index (χ0v) is 11.8. The van der Waals surface area contributed by atoms with E-state index in [-0.39, 0.29) is 10.8 Å². The molecule has 0 saturated carbocycles. The molecule has 0 saturated heterocycles. The lowest BCUT2D eigenvalue weighted by atomic mass is 10.2. The van der Waals surface area contributed by atoms with Gasteiger partial charge in [0.2, 0.25) is 5.01 Å². The number of carbonyl (C=O) groups excluding carboxylic acids is 1. The van der Waals surface area contributed by atoms with Crippen LogP contribution in [0.15, 0.2) is 28.1 Å². The van der Waals surface area contributed by atoms with Crippen LogP contribution in [0.5, 0.6) is 0 Å². The second kappa shape index (κ2) is 5.58. The van der Waals surface area contributed by atoms with E-state index >= 15 is 0 Å². The molecule has 0 amide bonds. The maximum atomic E-state index is 13.3. The van der Waals surface area contributed by atoms with Gasteiger partial charge >= 0.3 is 5.97 Å². The van der Waals surface area contributed by atoms with E-state index in [2.05, 4.69) is 20.9 Å². The lowest BCUT2D eigenvalue weighted by molar-refractivity contribution is 0.0526. The molecule has 0 atom stereocenters. The molecule has 2 rings (SSSR count). The predicted octanol–water partition coefficient (Wildman–Crippen LogP) is 3.89. The second-order valence-corrected chi connectivity index (χ2v) is 5.19. The topological polar surface area (TPSA) is 39.2 Å². The number of aromatic nitrogens is 1. The van der Waals surface area contributed by atoms with Gasteiger partial charge in [0, 0.05) is 15.4 Å². The maximum Gasteiger partial charge on any atom is 0.367 e. The van der Waals surface area contributed by atoms with Crippen molar-refractivity contribution in [3.8, 4) is 11.3 Å². The number of halogens is 2. The van der Waals surface area contributed by atoms with Crippen LogP contribution >= 0.6 is 27.3 Å². The molecule has 0 aliphatic rings. The highest BCUT2D eigenvalue weighted by atomic mass is 79.9. The van der Waals surface area contributed by atoms with Gasteiger partial charge < -0.3 is 4.74 Å². The summed E-state index contributed by atoms with van der Waals surface area (Å²) in [7, 11) is 0. The summed E-state index contributed by atoms with van der Waals surface area (Å²) < 4.78 is 18.7. The van der Waals surface area contributed by atoms with Gasteiger partial charge in [0.15, 0.2) is 0 Å². The van der Waals surface area contributed by atoms with E-state index in [0.717, 1.165) is 0 Å². The molecule has 1 aromatic heterocycles. The summed E-state index contributed by atoms with van der Waals surface area (Å²) in [5.74, 6) is -0.811. The maximum absolute atomic E-state index is 13.3. The molecule has 3 nitrogen and oxygen atoms in total. The van der Waals surface area contributed by atoms with Crippen molar-refractivity contribution in [2.75, 3.05) is 6.61 Å². The van der Waals surface area contributed by atoms with Gasteiger partial charge in [-0.25, -0.2) is 14.2 Å². The van der Waals surface area contributed by atoms with Gasteiger partial charge in [0.25, 0.3) is 0 Å². The summed E-state index contributed by atoms with van der Waals surface area (Å²) >= 11 is 4.40. The largest absolute Gasteiger partial charge is 0.461 e. The third-order valence-corrected chi connectivity index (χ3v) is 3.39. The highest BCUT2D eigenvalue weighted by Gasteiger charge is 2.13. The lowest BCUT2D eigenvalue weighted by Crippen LogP contribution is -2.03. The highest BCUT2D eigenvalue weighted by Crippen LogP contribution is 2.26. The van der Waals surface area contributed by atoms with Gasteiger partial charge in [-0.1, -0.05) is 15.9 Å². The van der Waals surface area contributed by atoms with Crippen LogP contribution in [0.2, 0.25) is 0 Å². The first kappa shape index (κ1) is 13.2. The molecule has 0 aliphatic heterocycles. The molecule has 0 fully saturated rings. The van der Waals surface area contributed by atoms with E-state index in [4.69, 9.17) is 4.74 Å². The van der Waals surface area contributed by atoms with Crippen molar-refractivity contribution in [1.29, 1.82) is 0 Å². The van der Waals surface area contributed by atoms with E-state index in [1.807, 2.05) is 0 Å². The van der Waals surface area contributed by atoms with Crippen molar-refractivity contribution in [1.82, 2.24) is 4.98 Å². The Labute approximate surface area is 116 Å². The number of rotatable bonds is 3. The highest BCUT2D eigenvalue weighted by molar-refractivity contribution is 9.10. The SMILES string of the molecule is CCOC(=O)c1nc(-c2cc(F)cc(Br)c2)cs1. The monoisotopic (exact) mass is 329 g/mol. The molecule has 2 aromatic rings. The molecule has 1 heterocycles. The zero-order chi connectivity index (χ0) is 13.1. The minimum atomic E-state index is -0.454. The molecule has 0 N–H and O–H groups in total. The van der Waals surface area contributed by atoms with Crippen LogP contribution in [0, 0.1) is 5.82 Å². The quantitative estimate of drug-likeness (QED) is 0.802. The first-order valence-corrected chi connectivity index (χ1v) is 6.86. The first-order valence-electron chi connectivity index (χ1n) is 5.19. The number of thiazole rings is 1. The van der Waals surface area contributed by atoms with E-state index in [1.54, 1.807) is 18.4 Å². The summed E-state index contributed by atoms with van der Waals surface area (Å²) in [4.78, 5) is 15.6. The lowest BCUT2D eigenvalue weighted by Gasteiger charge is -1.99. The normalized spacial score (nSPS) is 10.4. The molecule has 0 aliphatic carbocycles. The molecule has 0 bridgehead atoms. The Kier molecular flexibility index (Phi) is 4.08. The smallest absolute Gasteiger partial charge is 0.367 e. The Morgan fingerprint density at radius 3 is 2.94 bits per heavy atom. The third-order valence-electron chi connectivity index (χ3n) is 2.11. The molecule has 94 valence electrons. The van der Waals surface area contributed by atoms with Crippen molar-refractivity contribution in [2.24, 2.45) is 0 Å². The fourth-order valence-electron chi connectivity index (χ4n) is 1.39. The molecule has 0 unspecified atom stereocenters. The van der Waals surface area contributed by atoms with Crippen LogP contribution in [-0.4, -0.2) is 17.6 Å². The van der Waals surface area contributed by atoms with E-state index < -0.39 is 5.97 Å². The molecule has 1 aromatic carbocycles. The number of benzene rings is 1. The van der Waals surface area contributed by atoms with Crippen molar-refractivity contribution in [2.45, 2.75) is 6.92 Å². The first-order chi connectivity index (χ1) is 8.60. The van der Waals surface area contributed by atoms with Crippen LogP contribution < -0.4 is 0 Å². The average Bonchev–Trinajstić information content (AvgIpc) is 2.77. The summed E-state index contributed by atoms with van der Waals surface area (Å²) in [6.07, 6.45) is 0. The Hall–Kier alpha value is -1.27. The minimum absolute atomic E-state index is 0.271. The fraction of sp³-hybridized carbons (Fsp3) is 0.167. The van der Waals surface area contributed by atoms with Crippen LogP contribution in [0.3, 0.4) is 0 Å². The minimum Gasteiger partial charge on any atom is -0.461 e. The van der Waals surface area contributed by atoms with Crippen molar-refractivity contribution in [3.05, 3.63) is 38.9 Å². The Bertz CT molecular complexity index is 565. The van der Waals surface area contributed by atoms with Gasteiger partial charge in [0.1, 0.15) is 5.82 Å². The second-order valence-electron chi connectivity index (χ2n) is 3.42. The third kappa shape index (κ3) is 2.94. The van der Waals surface area contributed by atoms with Gasteiger partial charge in [-0.2, -0.15) is 0 Å². The van der Waals surface area contributed by atoms with Crippen molar-refractivity contribution in [3.63, 3.8) is 0 Å². The average molecular weight is 330 g/mol. The molecule has 0 spiro atoms. The Morgan fingerprint density at radius 2 is 2.28 bits per heavy atom. The summed E-state index contributed by atoms with van der Waals surface area (Å²) in [6, 6.07) is 4.48. The van der Waals surface area contributed by atoms with Gasteiger partial charge in [0.05, 0.1) is 12.3 Å². The zero-order valence-electron chi connectivity index (χ0n) is 9.44. The van der Waals surface area contributed by atoms with Crippen molar-refractivity contribution >= 4 is 33.2 Å². The molecular weight excluding hydrogens is 321 g/mol. The van der Waals surface area contributed by atoms with Crippen LogP contribution in [0.1, 0.15) is 16.7 Å². The van der Waals surface area contributed by atoms with Crippen LogP contribution in [0.25, 0.3) is 11.3 Å². The van der Waals surface area contributed by atoms with Crippen LogP contribution in [-0.2, 0) is 4.74 Å². The molecule has 6 heteroatoms. The van der Waals surface area contributed by atoms with Crippen molar-refractivity contribution < 1.29 is 13.9 Å². The number of carbonyl (C=O) groups is 1. The summed E-state index contributed by atoms with van der Waals surface area (Å²) in [5.41, 5.74) is 1.18. The number of hydrogen-bond donors (Lipinski definition) is 0. The Morgan fingerprint density at radius 1 is 1.50 bits per heavy atom. The molecule has 0 radical (unpaired) electrons. The van der Waals surface area contributed by atoms with E-state index in [0.29, 0.717) is 22.3 Å². The van der Waals surface area contributed by atoms with Gasteiger partial charge in [-0.15, -0.1) is 11.3 Å². The van der Waals surface area contributed by atoms with Crippen LogP contribution in [0.4, 0.5) is 4.39 Å². The van der Waals surface area contributed by atoms with Gasteiger partial charge in [-0.3, -0.25) is 0 Å². The van der Waals surface area contributed by atoms with Gasteiger partial charge in [-0.05, 0) is 25.1 Å². The number of esters is 1. The molecule has 18 heavy (non-hydrogen) atoms. The number of hydrogen-bond acceptors (Lipinski definition) is 4. The summed E-state index contributed by atoms with van der Waals surface area (Å²) in [6.45, 7) is 2.04. The van der Waals surface area contributed by atoms with E-state index in [9.17, 15) is 9.18 Å². The number of ether oxygens (including phenoxy) is 1. The number of nitrogens with zero attached hydrogens (tertiary/aromatic N) is 1. The van der Waals surface area contributed by atoms with E-state index in [1.165, 1.54) is 23.5 Å². The summed E-state index contributed by atoms with van der Waals surface area (Å²) in [5, 5.41) is 1.97.